The highest BCUT2D eigenvalue weighted by atomic mass is 16.2. The van der Waals surface area contributed by atoms with Gasteiger partial charge in [-0.2, -0.15) is 0 Å². The van der Waals surface area contributed by atoms with Gasteiger partial charge in [-0.15, -0.1) is 0 Å². The number of nitrogens with one attached hydrogen (secondary N) is 2. The number of aryl methyl sites for hydroxylation is 1. The highest BCUT2D eigenvalue weighted by molar-refractivity contribution is 5.95. The molecule has 0 bridgehead atoms. The Labute approximate surface area is 108 Å². The normalized spacial score (nSPS) is 23.1. The first-order valence-electron chi connectivity index (χ1n) is 6.50. The second kappa shape index (κ2) is 5.50. The molecule has 0 radical (unpaired) electrons. The molecule has 1 aromatic carbocycles. The van der Waals surface area contributed by atoms with Crippen molar-refractivity contribution >= 4 is 11.6 Å². The van der Waals surface area contributed by atoms with Crippen molar-refractivity contribution in [2.45, 2.75) is 26.8 Å². The number of carbonyl (C=O) groups is 1. The first-order valence-corrected chi connectivity index (χ1v) is 6.50. The molecular weight excluding hydrogens is 226 g/mol. The van der Waals surface area contributed by atoms with Crippen LogP contribution in [0, 0.1) is 12.8 Å². The number of nitrogens with zero attached hydrogens (tertiary/aromatic N) is 1. The van der Waals surface area contributed by atoms with E-state index in [2.05, 4.69) is 16.9 Å². The highest BCUT2D eigenvalue weighted by Gasteiger charge is 2.32. The molecule has 2 unspecified atom stereocenters. The Kier molecular flexibility index (Phi) is 3.99. The number of anilines is 1. The maximum absolute atomic E-state index is 12.5. The molecule has 1 fully saturated rings. The van der Waals surface area contributed by atoms with Crippen molar-refractivity contribution in [1.82, 2.24) is 10.9 Å². The van der Waals surface area contributed by atoms with Gasteiger partial charge in [0.15, 0.2) is 0 Å². The molecule has 2 atom stereocenters. The van der Waals surface area contributed by atoms with E-state index in [4.69, 9.17) is 0 Å². The van der Waals surface area contributed by atoms with Gasteiger partial charge >= 0.3 is 0 Å². The molecule has 0 aromatic heterocycles. The molecule has 0 aliphatic carbocycles. The van der Waals surface area contributed by atoms with Crippen LogP contribution >= 0.6 is 0 Å². The van der Waals surface area contributed by atoms with Gasteiger partial charge in [-0.05, 0) is 38.5 Å². The largest absolute Gasteiger partial charge is 0.312 e. The van der Waals surface area contributed by atoms with Gasteiger partial charge in [0, 0.05) is 24.8 Å². The number of carbonyl (C=O) groups excluding carboxylic acids is 1. The molecule has 4 heteroatoms. The highest BCUT2D eigenvalue weighted by Crippen LogP contribution is 2.20. The molecule has 2 N–H and O–H groups in total. The van der Waals surface area contributed by atoms with Crippen LogP contribution in [0.4, 0.5) is 5.69 Å². The zero-order chi connectivity index (χ0) is 13.1. The standard InChI is InChI=1S/C14H21N3O/c1-4-17(12-7-5-6-10(2)8-12)14(18)13-9-15-16-11(13)3/h5-8,11,13,15-16H,4,9H2,1-3H3. The van der Waals surface area contributed by atoms with Crippen LogP contribution in [0.5, 0.6) is 0 Å². The summed E-state index contributed by atoms with van der Waals surface area (Å²) in [4.78, 5) is 14.4. The third-order valence-electron chi connectivity index (χ3n) is 3.47. The van der Waals surface area contributed by atoms with Crippen molar-refractivity contribution in [2.24, 2.45) is 5.92 Å². The van der Waals surface area contributed by atoms with E-state index in [1.807, 2.05) is 43.9 Å². The summed E-state index contributed by atoms with van der Waals surface area (Å²) in [6.07, 6.45) is 0. The average Bonchev–Trinajstić information content (AvgIpc) is 2.76. The summed E-state index contributed by atoms with van der Waals surface area (Å²) in [5, 5.41) is 0. The predicted octanol–water partition coefficient (Wildman–Crippen LogP) is 1.46. The molecule has 18 heavy (non-hydrogen) atoms. The maximum Gasteiger partial charge on any atom is 0.233 e. The first kappa shape index (κ1) is 13.1. The van der Waals surface area contributed by atoms with Gasteiger partial charge in [-0.25, -0.2) is 0 Å². The van der Waals surface area contributed by atoms with E-state index in [9.17, 15) is 4.79 Å². The molecule has 1 heterocycles. The summed E-state index contributed by atoms with van der Waals surface area (Å²) in [7, 11) is 0. The summed E-state index contributed by atoms with van der Waals surface area (Å²) < 4.78 is 0. The van der Waals surface area contributed by atoms with Gasteiger partial charge in [0.05, 0.1) is 5.92 Å². The predicted molar refractivity (Wildman–Crippen MR) is 73.3 cm³/mol. The Morgan fingerprint density at radius 1 is 1.50 bits per heavy atom. The van der Waals surface area contributed by atoms with E-state index in [1.165, 1.54) is 5.56 Å². The number of rotatable bonds is 3. The number of hydrogen-bond donors (Lipinski definition) is 2. The van der Waals surface area contributed by atoms with Gasteiger partial charge < -0.3 is 4.90 Å². The summed E-state index contributed by atoms with van der Waals surface area (Å²) in [6.45, 7) is 7.49. The first-order chi connectivity index (χ1) is 8.63. The minimum atomic E-state index is 0.00506. The molecule has 98 valence electrons. The molecule has 1 amide bonds. The third-order valence-corrected chi connectivity index (χ3v) is 3.47. The van der Waals surface area contributed by atoms with E-state index in [-0.39, 0.29) is 17.9 Å². The zero-order valence-electron chi connectivity index (χ0n) is 11.2. The lowest BCUT2D eigenvalue weighted by atomic mass is 10.0. The molecule has 1 aliphatic heterocycles. The lowest BCUT2D eigenvalue weighted by Crippen LogP contribution is -2.41. The lowest BCUT2D eigenvalue weighted by Gasteiger charge is -2.25. The molecule has 0 spiro atoms. The fourth-order valence-corrected chi connectivity index (χ4v) is 2.37. The summed E-state index contributed by atoms with van der Waals surface area (Å²) in [5.41, 5.74) is 8.31. The van der Waals surface area contributed by atoms with Crippen LogP contribution in [-0.4, -0.2) is 25.0 Å². The quantitative estimate of drug-likeness (QED) is 0.850. The minimum absolute atomic E-state index is 0.00506. The molecule has 2 rings (SSSR count). The molecule has 1 saturated heterocycles. The van der Waals surface area contributed by atoms with E-state index >= 15 is 0 Å². The van der Waals surface area contributed by atoms with Crippen LogP contribution in [0.3, 0.4) is 0 Å². The van der Waals surface area contributed by atoms with E-state index < -0.39 is 0 Å². The SMILES string of the molecule is CCN(C(=O)C1CNNC1C)c1cccc(C)c1. The van der Waals surface area contributed by atoms with Gasteiger partial charge in [-0.3, -0.25) is 15.6 Å². The lowest BCUT2D eigenvalue weighted by molar-refractivity contribution is -0.122. The van der Waals surface area contributed by atoms with Crippen LogP contribution in [0.25, 0.3) is 0 Å². The summed E-state index contributed by atoms with van der Waals surface area (Å²) >= 11 is 0. The minimum Gasteiger partial charge on any atom is -0.312 e. The van der Waals surface area contributed by atoms with Crippen LogP contribution < -0.4 is 15.8 Å². The van der Waals surface area contributed by atoms with Crippen molar-refractivity contribution in [3.05, 3.63) is 29.8 Å². The van der Waals surface area contributed by atoms with Crippen LogP contribution in [0.2, 0.25) is 0 Å². The average molecular weight is 247 g/mol. The molecule has 1 aliphatic rings. The number of amides is 1. The van der Waals surface area contributed by atoms with Crippen LogP contribution in [0.1, 0.15) is 19.4 Å². The second-order valence-corrected chi connectivity index (χ2v) is 4.84. The molecule has 1 aromatic rings. The van der Waals surface area contributed by atoms with E-state index in [0.717, 1.165) is 5.69 Å². The van der Waals surface area contributed by atoms with Crippen molar-refractivity contribution in [2.75, 3.05) is 18.0 Å². The smallest absolute Gasteiger partial charge is 0.233 e. The third kappa shape index (κ3) is 2.54. The van der Waals surface area contributed by atoms with Gasteiger partial charge in [0.25, 0.3) is 0 Å². The molecule has 0 saturated carbocycles. The maximum atomic E-state index is 12.5. The monoisotopic (exact) mass is 247 g/mol. The van der Waals surface area contributed by atoms with Gasteiger partial charge in [0.1, 0.15) is 0 Å². The van der Waals surface area contributed by atoms with Crippen molar-refractivity contribution in [3.8, 4) is 0 Å². The summed E-state index contributed by atoms with van der Waals surface area (Å²) in [5.74, 6) is 0.193. The van der Waals surface area contributed by atoms with Crippen LogP contribution in [-0.2, 0) is 4.79 Å². The molecule has 4 nitrogen and oxygen atoms in total. The van der Waals surface area contributed by atoms with Crippen molar-refractivity contribution in [1.29, 1.82) is 0 Å². The van der Waals surface area contributed by atoms with Crippen molar-refractivity contribution < 1.29 is 4.79 Å². The second-order valence-electron chi connectivity index (χ2n) is 4.84. The Morgan fingerprint density at radius 3 is 2.83 bits per heavy atom. The molecular formula is C14H21N3O. The number of hydrogen-bond acceptors (Lipinski definition) is 3. The Bertz CT molecular complexity index is 433. The number of hydrazine groups is 1. The Morgan fingerprint density at radius 2 is 2.28 bits per heavy atom. The number of benzene rings is 1. The van der Waals surface area contributed by atoms with E-state index in [0.29, 0.717) is 13.1 Å². The topological polar surface area (TPSA) is 44.4 Å². The van der Waals surface area contributed by atoms with Gasteiger partial charge in [-0.1, -0.05) is 12.1 Å². The van der Waals surface area contributed by atoms with Gasteiger partial charge in [0.2, 0.25) is 5.91 Å². The Hall–Kier alpha value is -1.39. The Balaban J connectivity index is 2.20. The van der Waals surface area contributed by atoms with Crippen molar-refractivity contribution in [3.63, 3.8) is 0 Å². The summed E-state index contributed by atoms with van der Waals surface area (Å²) in [6, 6.07) is 8.27. The fraction of sp³-hybridized carbons (Fsp3) is 0.500. The van der Waals surface area contributed by atoms with Crippen LogP contribution in [0.15, 0.2) is 24.3 Å². The zero-order valence-corrected chi connectivity index (χ0v) is 11.2. The fourth-order valence-electron chi connectivity index (χ4n) is 2.37. The van der Waals surface area contributed by atoms with E-state index in [1.54, 1.807) is 0 Å².